The summed E-state index contributed by atoms with van der Waals surface area (Å²) in [6.07, 6.45) is 5.91. The first-order valence-electron chi connectivity index (χ1n) is 16.3. The Morgan fingerprint density at radius 1 is 0.755 bits per heavy atom. The molecular formula is C37H34F2N6O4. The number of imide groups is 2. The molecule has 0 bridgehead atoms. The summed E-state index contributed by atoms with van der Waals surface area (Å²) in [5.41, 5.74) is 1.98. The predicted octanol–water partition coefficient (Wildman–Crippen LogP) is 5.04. The fourth-order valence-corrected chi connectivity index (χ4v) is 6.89. The van der Waals surface area contributed by atoms with Gasteiger partial charge in [0, 0.05) is 82.8 Å². The van der Waals surface area contributed by atoms with E-state index in [1.165, 1.54) is 11.0 Å². The van der Waals surface area contributed by atoms with E-state index in [4.69, 9.17) is 0 Å². The van der Waals surface area contributed by atoms with Crippen molar-refractivity contribution in [3.63, 3.8) is 0 Å². The Hall–Kier alpha value is -5.33. The maximum atomic E-state index is 14.3. The molecule has 5 aromatic rings. The van der Waals surface area contributed by atoms with Gasteiger partial charge in [-0.1, -0.05) is 12.1 Å². The quantitative estimate of drug-likeness (QED) is 0.147. The van der Waals surface area contributed by atoms with Gasteiger partial charge >= 0.3 is 0 Å². The Bertz CT molecular complexity index is 2130. The number of hydrogen-bond acceptors (Lipinski definition) is 7. The molecule has 0 atom stereocenters. The minimum atomic E-state index is -0.745. The van der Waals surface area contributed by atoms with Crippen LogP contribution in [0, 0.1) is 11.6 Å². The van der Waals surface area contributed by atoms with Gasteiger partial charge in [0.1, 0.15) is 11.6 Å². The van der Waals surface area contributed by atoms with E-state index in [0.717, 1.165) is 40.6 Å². The number of halogens is 2. The van der Waals surface area contributed by atoms with Crippen LogP contribution >= 0.6 is 0 Å². The van der Waals surface area contributed by atoms with Gasteiger partial charge in [0.25, 0.3) is 23.6 Å². The zero-order valence-corrected chi connectivity index (χ0v) is 27.1. The lowest BCUT2D eigenvalue weighted by Crippen LogP contribution is -2.46. The van der Waals surface area contributed by atoms with E-state index in [1.54, 1.807) is 24.7 Å². The van der Waals surface area contributed by atoms with E-state index < -0.39 is 23.4 Å². The summed E-state index contributed by atoms with van der Waals surface area (Å²) in [5, 5.41) is 4.79. The molecule has 12 heteroatoms. The summed E-state index contributed by atoms with van der Waals surface area (Å²) in [6, 6.07) is 13.8. The number of nitrogens with one attached hydrogen (secondary N) is 1. The maximum Gasteiger partial charge on any atom is 0.261 e. The molecule has 4 aromatic carbocycles. The third-order valence-corrected chi connectivity index (χ3v) is 9.38. The number of imidazole rings is 1. The smallest absolute Gasteiger partial charge is 0.261 e. The summed E-state index contributed by atoms with van der Waals surface area (Å²) in [5.74, 6) is -3.26. The summed E-state index contributed by atoms with van der Waals surface area (Å²) in [4.78, 5) is 62.2. The van der Waals surface area contributed by atoms with Gasteiger partial charge in [-0.3, -0.25) is 33.9 Å². The van der Waals surface area contributed by atoms with Crippen LogP contribution in [0.15, 0.2) is 73.3 Å². The molecule has 0 radical (unpaired) electrons. The van der Waals surface area contributed by atoms with Crippen LogP contribution in [0.3, 0.4) is 0 Å². The number of benzene rings is 4. The van der Waals surface area contributed by atoms with Crippen molar-refractivity contribution in [3.05, 3.63) is 107 Å². The van der Waals surface area contributed by atoms with Crippen LogP contribution in [0.4, 0.5) is 8.78 Å². The van der Waals surface area contributed by atoms with Gasteiger partial charge in [-0.25, -0.2) is 13.8 Å². The molecule has 0 aliphatic carbocycles. The summed E-state index contributed by atoms with van der Waals surface area (Å²) < 4.78 is 30.4. The minimum Gasteiger partial charge on any atom is -0.315 e. The van der Waals surface area contributed by atoms with Crippen LogP contribution in [-0.2, 0) is 0 Å². The SMILES string of the molecule is CC(C)N(CCCNCCN1C(=O)c2ccc(F)c3cc(F)cc(c23)C1=O)CCN1C(=O)c2cccc3c(-n4ccnc4)ccc(c23)C1=O. The second-order valence-corrected chi connectivity index (χ2v) is 12.6. The highest BCUT2D eigenvalue weighted by Crippen LogP contribution is 2.34. The normalized spacial score (nSPS) is 14.4. The topological polar surface area (TPSA) is 108 Å². The molecule has 0 saturated carbocycles. The Morgan fingerprint density at radius 3 is 2.14 bits per heavy atom. The largest absolute Gasteiger partial charge is 0.315 e. The predicted molar refractivity (Wildman–Crippen MR) is 180 cm³/mol. The maximum absolute atomic E-state index is 14.3. The number of aromatic nitrogens is 2. The fourth-order valence-electron chi connectivity index (χ4n) is 6.89. The monoisotopic (exact) mass is 664 g/mol. The highest BCUT2D eigenvalue weighted by Gasteiger charge is 2.35. The van der Waals surface area contributed by atoms with E-state index in [0.29, 0.717) is 42.7 Å². The molecule has 1 aromatic heterocycles. The average molecular weight is 665 g/mol. The van der Waals surface area contributed by atoms with Gasteiger partial charge in [0.05, 0.1) is 17.6 Å². The van der Waals surface area contributed by atoms with Crippen molar-refractivity contribution >= 4 is 45.2 Å². The summed E-state index contributed by atoms with van der Waals surface area (Å²) in [7, 11) is 0. The Morgan fingerprint density at radius 2 is 1.43 bits per heavy atom. The van der Waals surface area contributed by atoms with Crippen LogP contribution in [0.5, 0.6) is 0 Å². The molecule has 0 unspecified atom stereocenters. The first-order chi connectivity index (χ1) is 23.7. The van der Waals surface area contributed by atoms with Crippen molar-refractivity contribution in [3.8, 4) is 5.69 Å². The molecule has 7 rings (SSSR count). The van der Waals surface area contributed by atoms with E-state index in [1.807, 2.05) is 29.0 Å². The molecule has 0 spiro atoms. The van der Waals surface area contributed by atoms with Gasteiger partial charge in [0.15, 0.2) is 0 Å². The van der Waals surface area contributed by atoms with Gasteiger partial charge in [-0.2, -0.15) is 0 Å². The van der Waals surface area contributed by atoms with E-state index in [9.17, 15) is 28.0 Å². The van der Waals surface area contributed by atoms with Crippen molar-refractivity contribution in [2.24, 2.45) is 0 Å². The van der Waals surface area contributed by atoms with Gasteiger partial charge in [-0.05, 0) is 75.8 Å². The van der Waals surface area contributed by atoms with E-state index in [2.05, 4.69) is 29.0 Å². The zero-order valence-electron chi connectivity index (χ0n) is 27.1. The number of rotatable bonds is 12. The van der Waals surface area contributed by atoms with Crippen LogP contribution < -0.4 is 5.32 Å². The van der Waals surface area contributed by atoms with Crippen molar-refractivity contribution in [2.75, 3.05) is 39.3 Å². The van der Waals surface area contributed by atoms with Crippen molar-refractivity contribution in [1.82, 2.24) is 29.6 Å². The highest BCUT2D eigenvalue weighted by atomic mass is 19.1. The Labute approximate surface area is 280 Å². The first-order valence-corrected chi connectivity index (χ1v) is 16.3. The van der Waals surface area contributed by atoms with Crippen LogP contribution in [0.2, 0.25) is 0 Å². The highest BCUT2D eigenvalue weighted by molar-refractivity contribution is 6.27. The molecule has 4 amide bonds. The number of nitrogens with zero attached hydrogens (tertiary/aromatic N) is 5. The van der Waals surface area contributed by atoms with Gasteiger partial charge in [0.2, 0.25) is 0 Å². The molecule has 1 N–H and O–H groups in total. The van der Waals surface area contributed by atoms with Gasteiger partial charge in [-0.15, -0.1) is 0 Å². The molecule has 250 valence electrons. The lowest BCUT2D eigenvalue weighted by atomic mass is 9.93. The van der Waals surface area contributed by atoms with Crippen LogP contribution in [-0.4, -0.2) is 93.2 Å². The molecule has 2 aliphatic heterocycles. The number of hydrogen-bond donors (Lipinski definition) is 1. The molecule has 10 nitrogen and oxygen atoms in total. The number of carbonyl (C=O) groups is 4. The van der Waals surface area contributed by atoms with Crippen molar-refractivity contribution in [2.45, 2.75) is 26.3 Å². The first kappa shape index (κ1) is 32.2. The molecule has 49 heavy (non-hydrogen) atoms. The summed E-state index contributed by atoms with van der Waals surface area (Å²) >= 11 is 0. The Balaban J connectivity index is 0.939. The average Bonchev–Trinajstić information content (AvgIpc) is 3.63. The van der Waals surface area contributed by atoms with Crippen LogP contribution in [0.25, 0.3) is 27.2 Å². The Kier molecular flexibility index (Phi) is 8.51. The molecule has 3 heterocycles. The minimum absolute atomic E-state index is 0.0262. The standard InChI is InChI=1S/C37H34F2N6O4/c1-22(2)42(14-4-11-40-13-16-44-35(47)26-7-9-30(39)28-19-23(38)20-29(33(26)28)37(44)49)17-18-45-34(46)25-6-3-5-24-31(43-15-12-41-21-43)10-8-27(32(24)25)36(45)48/h3,5-10,12,15,19-22,40H,4,11,13-14,16-18H2,1-2H3. The fraction of sp³-hybridized carbons (Fsp3) is 0.270. The van der Waals surface area contributed by atoms with E-state index >= 15 is 0 Å². The second-order valence-electron chi connectivity index (χ2n) is 12.6. The molecular weight excluding hydrogens is 630 g/mol. The third kappa shape index (κ3) is 5.66. The summed E-state index contributed by atoms with van der Waals surface area (Å²) in [6.45, 7) is 6.50. The molecule has 2 aliphatic rings. The molecule has 0 saturated heterocycles. The molecule has 0 fully saturated rings. The lowest BCUT2D eigenvalue weighted by molar-refractivity contribution is 0.0579. The number of amides is 4. The lowest BCUT2D eigenvalue weighted by Gasteiger charge is -2.32. The van der Waals surface area contributed by atoms with Crippen LogP contribution in [0.1, 0.15) is 61.7 Å². The van der Waals surface area contributed by atoms with E-state index in [-0.39, 0.29) is 52.8 Å². The van der Waals surface area contributed by atoms with Crippen molar-refractivity contribution < 1.29 is 28.0 Å². The second kappa shape index (κ2) is 12.9. The number of carbonyl (C=O) groups excluding carboxylic acids is 4. The zero-order chi connectivity index (χ0) is 34.4. The van der Waals surface area contributed by atoms with Gasteiger partial charge < -0.3 is 9.88 Å². The third-order valence-electron chi connectivity index (χ3n) is 9.38. The van der Waals surface area contributed by atoms with Crippen molar-refractivity contribution in [1.29, 1.82) is 0 Å².